The number of aliphatic hydroxyl groups is 2. The van der Waals surface area contributed by atoms with Gasteiger partial charge in [0.05, 0.1) is 12.3 Å². The topological polar surface area (TPSA) is 113 Å². The van der Waals surface area contributed by atoms with Crippen molar-refractivity contribution in [1.29, 1.82) is 0 Å². The van der Waals surface area contributed by atoms with Crippen molar-refractivity contribution in [2.75, 3.05) is 13.2 Å². The van der Waals surface area contributed by atoms with Gasteiger partial charge in [-0.3, -0.25) is 5.10 Å². The van der Waals surface area contributed by atoms with Crippen LogP contribution >= 0.6 is 11.6 Å². The average molecular weight is 449 g/mol. The quantitative estimate of drug-likeness (QED) is 0.396. The molecule has 4 rings (SSSR count). The van der Waals surface area contributed by atoms with Crippen LogP contribution in [0.3, 0.4) is 0 Å². The standard InChI is InChI=1S/C20H15ClF2N4O4/c21-13-4-2-1-3-12(13)17-16-18(27-26-17)24-20(25-19(16)30-9-11(29)8-28)31-15-6-5-10(22)7-14(15)23/h1-7,11,28-29H,8-9H2,(H,24,25,26,27)/t11-/m0/s1. The van der Waals surface area contributed by atoms with Crippen LogP contribution in [0.4, 0.5) is 8.78 Å². The summed E-state index contributed by atoms with van der Waals surface area (Å²) in [6.07, 6.45) is -1.17. The van der Waals surface area contributed by atoms with E-state index in [0.717, 1.165) is 12.1 Å². The maximum absolute atomic E-state index is 14.0. The molecule has 4 aromatic rings. The molecule has 2 aromatic heterocycles. The van der Waals surface area contributed by atoms with Crippen LogP contribution in [0.15, 0.2) is 42.5 Å². The van der Waals surface area contributed by atoms with Gasteiger partial charge in [0, 0.05) is 16.7 Å². The Labute approximate surface area is 179 Å². The Kier molecular flexibility index (Phi) is 5.94. The summed E-state index contributed by atoms with van der Waals surface area (Å²) in [7, 11) is 0. The monoisotopic (exact) mass is 448 g/mol. The average Bonchev–Trinajstić information content (AvgIpc) is 3.18. The lowest BCUT2D eigenvalue weighted by Crippen LogP contribution is -2.21. The largest absolute Gasteiger partial charge is 0.474 e. The highest BCUT2D eigenvalue weighted by Crippen LogP contribution is 2.37. The molecule has 3 N–H and O–H groups in total. The fourth-order valence-corrected chi connectivity index (χ4v) is 3.00. The van der Waals surface area contributed by atoms with Gasteiger partial charge in [-0.2, -0.15) is 15.1 Å². The highest BCUT2D eigenvalue weighted by atomic mass is 35.5. The number of ether oxygens (including phenoxy) is 2. The number of nitrogens with zero attached hydrogens (tertiary/aromatic N) is 3. The number of nitrogens with one attached hydrogen (secondary N) is 1. The minimum Gasteiger partial charge on any atom is -0.474 e. The third-order valence-corrected chi connectivity index (χ3v) is 4.55. The van der Waals surface area contributed by atoms with E-state index in [2.05, 4.69) is 20.2 Å². The summed E-state index contributed by atoms with van der Waals surface area (Å²) in [6.45, 7) is -0.818. The minimum absolute atomic E-state index is 0.0429. The smallest absolute Gasteiger partial charge is 0.327 e. The number of H-pyrrole nitrogens is 1. The molecule has 160 valence electrons. The van der Waals surface area contributed by atoms with Gasteiger partial charge in [0.15, 0.2) is 17.2 Å². The van der Waals surface area contributed by atoms with E-state index in [4.69, 9.17) is 26.2 Å². The van der Waals surface area contributed by atoms with Crippen LogP contribution in [0.2, 0.25) is 5.02 Å². The first-order valence-corrected chi connectivity index (χ1v) is 9.39. The van der Waals surface area contributed by atoms with Crippen LogP contribution in [0.1, 0.15) is 0 Å². The Bertz CT molecular complexity index is 1240. The maximum Gasteiger partial charge on any atom is 0.327 e. The van der Waals surface area contributed by atoms with Gasteiger partial charge in [-0.15, -0.1) is 0 Å². The lowest BCUT2D eigenvalue weighted by molar-refractivity contribution is 0.0525. The molecule has 0 bridgehead atoms. The van der Waals surface area contributed by atoms with E-state index < -0.39 is 24.3 Å². The molecule has 1 atom stereocenters. The van der Waals surface area contributed by atoms with Gasteiger partial charge >= 0.3 is 6.01 Å². The molecule has 0 amide bonds. The number of benzene rings is 2. The summed E-state index contributed by atoms with van der Waals surface area (Å²) in [5.41, 5.74) is 1.17. The third-order valence-electron chi connectivity index (χ3n) is 4.22. The maximum atomic E-state index is 14.0. The fourth-order valence-electron chi connectivity index (χ4n) is 2.77. The van der Waals surface area contributed by atoms with E-state index in [1.807, 2.05) is 0 Å². The van der Waals surface area contributed by atoms with Crippen molar-refractivity contribution in [3.05, 3.63) is 59.1 Å². The number of aromatic amines is 1. The Morgan fingerprint density at radius 1 is 1.13 bits per heavy atom. The highest BCUT2D eigenvalue weighted by molar-refractivity contribution is 6.33. The summed E-state index contributed by atoms with van der Waals surface area (Å²) in [5.74, 6) is -2.05. The predicted molar refractivity (Wildman–Crippen MR) is 107 cm³/mol. The SMILES string of the molecule is OC[C@H](O)COc1nc(Oc2ccc(F)cc2F)nc2n[nH]c(-c3ccccc3Cl)c12. The number of hydrogen-bond acceptors (Lipinski definition) is 7. The molecule has 31 heavy (non-hydrogen) atoms. The van der Waals surface area contributed by atoms with Gasteiger partial charge < -0.3 is 19.7 Å². The molecule has 0 aliphatic heterocycles. The van der Waals surface area contributed by atoms with Crippen molar-refractivity contribution in [1.82, 2.24) is 20.2 Å². The first-order chi connectivity index (χ1) is 15.0. The van der Waals surface area contributed by atoms with Crippen LogP contribution in [-0.4, -0.2) is 49.7 Å². The van der Waals surface area contributed by atoms with E-state index in [-0.39, 0.29) is 29.9 Å². The van der Waals surface area contributed by atoms with Gasteiger partial charge in [0.1, 0.15) is 23.9 Å². The number of halogens is 3. The molecule has 0 saturated carbocycles. The number of fused-ring (bicyclic) bond motifs is 1. The molecule has 0 radical (unpaired) electrons. The Balaban J connectivity index is 1.80. The van der Waals surface area contributed by atoms with Crippen molar-refractivity contribution >= 4 is 22.6 Å². The second-order valence-corrected chi connectivity index (χ2v) is 6.82. The van der Waals surface area contributed by atoms with Crippen molar-refractivity contribution in [2.24, 2.45) is 0 Å². The third kappa shape index (κ3) is 4.41. The summed E-state index contributed by atoms with van der Waals surface area (Å²) in [6, 6.07) is 9.44. The van der Waals surface area contributed by atoms with Crippen molar-refractivity contribution in [3.8, 4) is 28.9 Å². The summed E-state index contributed by atoms with van der Waals surface area (Å²) in [4.78, 5) is 8.29. The van der Waals surface area contributed by atoms with Crippen LogP contribution in [0, 0.1) is 11.6 Å². The molecule has 0 saturated heterocycles. The Morgan fingerprint density at radius 3 is 2.68 bits per heavy atom. The van der Waals surface area contributed by atoms with Crippen LogP contribution in [0.5, 0.6) is 17.6 Å². The zero-order valence-corrected chi connectivity index (χ0v) is 16.5. The first kappa shape index (κ1) is 20.9. The van der Waals surface area contributed by atoms with Gasteiger partial charge in [0.2, 0.25) is 5.88 Å². The second-order valence-electron chi connectivity index (χ2n) is 6.41. The number of aliphatic hydroxyl groups excluding tert-OH is 2. The molecular weight excluding hydrogens is 434 g/mol. The number of rotatable bonds is 7. The van der Waals surface area contributed by atoms with Gasteiger partial charge in [-0.1, -0.05) is 29.8 Å². The van der Waals surface area contributed by atoms with Crippen molar-refractivity contribution < 1.29 is 28.5 Å². The molecule has 2 heterocycles. The second kappa shape index (κ2) is 8.80. The zero-order chi connectivity index (χ0) is 22.0. The molecule has 2 aromatic carbocycles. The van der Waals surface area contributed by atoms with Crippen LogP contribution in [0.25, 0.3) is 22.3 Å². The normalized spacial score (nSPS) is 12.2. The summed E-state index contributed by atoms with van der Waals surface area (Å²) < 4.78 is 38.0. The molecule has 8 nitrogen and oxygen atoms in total. The van der Waals surface area contributed by atoms with E-state index >= 15 is 0 Å². The van der Waals surface area contributed by atoms with Crippen molar-refractivity contribution in [3.63, 3.8) is 0 Å². The molecule has 11 heteroatoms. The van der Waals surface area contributed by atoms with Gasteiger partial charge in [-0.25, -0.2) is 8.78 Å². The Morgan fingerprint density at radius 2 is 1.94 bits per heavy atom. The Hall–Kier alpha value is -3.34. The molecule has 0 unspecified atom stereocenters. The summed E-state index contributed by atoms with van der Waals surface area (Å²) in [5, 5.41) is 26.4. The first-order valence-electron chi connectivity index (χ1n) is 9.02. The van der Waals surface area contributed by atoms with Crippen molar-refractivity contribution in [2.45, 2.75) is 6.10 Å². The van der Waals surface area contributed by atoms with Crippen LogP contribution < -0.4 is 9.47 Å². The molecular formula is C20H15ClF2N4O4. The van der Waals surface area contributed by atoms with E-state index in [0.29, 0.717) is 27.7 Å². The summed E-state index contributed by atoms with van der Waals surface area (Å²) >= 11 is 6.29. The highest BCUT2D eigenvalue weighted by Gasteiger charge is 2.21. The van der Waals surface area contributed by atoms with Gasteiger partial charge in [0.25, 0.3) is 0 Å². The number of aromatic nitrogens is 4. The minimum atomic E-state index is -1.17. The van der Waals surface area contributed by atoms with E-state index in [1.54, 1.807) is 24.3 Å². The molecule has 0 aliphatic carbocycles. The molecule has 0 fully saturated rings. The van der Waals surface area contributed by atoms with Crippen LogP contribution in [-0.2, 0) is 0 Å². The zero-order valence-electron chi connectivity index (χ0n) is 15.7. The number of hydrogen-bond donors (Lipinski definition) is 3. The van der Waals surface area contributed by atoms with Gasteiger partial charge in [-0.05, 0) is 18.2 Å². The van der Waals surface area contributed by atoms with E-state index in [1.165, 1.54) is 0 Å². The lowest BCUT2D eigenvalue weighted by atomic mass is 10.1. The molecule has 0 aliphatic rings. The lowest BCUT2D eigenvalue weighted by Gasteiger charge is -2.12. The molecule has 0 spiro atoms. The fraction of sp³-hybridized carbons (Fsp3) is 0.150. The predicted octanol–water partition coefficient (Wildman–Crippen LogP) is 3.48. The van der Waals surface area contributed by atoms with E-state index in [9.17, 15) is 13.9 Å².